The molecule has 0 saturated heterocycles. The fourth-order valence-corrected chi connectivity index (χ4v) is 5.77. The lowest BCUT2D eigenvalue weighted by molar-refractivity contribution is -0.122. The molecule has 2 aliphatic heterocycles. The van der Waals surface area contributed by atoms with E-state index >= 15 is 0 Å². The van der Waals surface area contributed by atoms with E-state index in [2.05, 4.69) is 10.6 Å². The summed E-state index contributed by atoms with van der Waals surface area (Å²) in [6.45, 7) is 3.16. The predicted molar refractivity (Wildman–Crippen MR) is 176 cm³/mol. The SMILES string of the molecule is CC(C)[C@H](NC(=O)c1ccc(F)cc1)C(=O)N1c2cc3c(cc2[C@H](NC(=O)OCc2ccccc2)[C@H]1COC(=O)c1ccccc1)OCO3. The second-order valence-electron chi connectivity index (χ2n) is 11.9. The standard InChI is InChI=1S/C37H34FN3O8/c1-22(2)32(39-34(42)24-13-15-26(38)16-14-24)35(43)41-28-18-31-30(48-21-49-31)17-27(28)33(40-37(45)47-19-23-9-5-3-6-10-23)29(41)20-46-36(44)25-11-7-4-8-12-25/h3-18,22,29,32-33H,19-21H2,1-2H3,(H,39,42)(H,40,45)/t29-,32+,33+/m1/s1. The van der Waals surface area contributed by atoms with Crippen molar-refractivity contribution in [2.75, 3.05) is 18.3 Å². The van der Waals surface area contributed by atoms with Crippen LogP contribution in [0.5, 0.6) is 11.5 Å². The number of alkyl carbamates (subject to hydrolysis) is 1. The van der Waals surface area contributed by atoms with Gasteiger partial charge in [0.05, 0.1) is 23.3 Å². The van der Waals surface area contributed by atoms with Crippen LogP contribution in [0.15, 0.2) is 97.1 Å². The number of carbonyl (C=O) groups is 4. The van der Waals surface area contributed by atoms with Crippen LogP contribution in [0.25, 0.3) is 0 Å². The molecule has 0 radical (unpaired) electrons. The molecule has 4 aromatic rings. The van der Waals surface area contributed by atoms with Crippen molar-refractivity contribution in [2.45, 2.75) is 38.6 Å². The van der Waals surface area contributed by atoms with Crippen molar-refractivity contribution in [3.05, 3.63) is 125 Å². The van der Waals surface area contributed by atoms with E-state index in [1.807, 2.05) is 30.3 Å². The summed E-state index contributed by atoms with van der Waals surface area (Å²) < 4.78 is 36.1. The summed E-state index contributed by atoms with van der Waals surface area (Å²) in [7, 11) is 0. The highest BCUT2D eigenvalue weighted by atomic mass is 19.1. The van der Waals surface area contributed by atoms with Gasteiger partial charge in [-0.3, -0.25) is 9.59 Å². The number of rotatable bonds is 10. The Kier molecular flexibility index (Phi) is 9.74. The van der Waals surface area contributed by atoms with Gasteiger partial charge in [0.15, 0.2) is 11.5 Å². The van der Waals surface area contributed by atoms with Gasteiger partial charge in [-0.05, 0) is 53.9 Å². The number of esters is 1. The Morgan fingerprint density at radius 1 is 0.857 bits per heavy atom. The van der Waals surface area contributed by atoms with Crippen LogP contribution in [0.1, 0.15) is 51.7 Å². The van der Waals surface area contributed by atoms with Gasteiger partial charge in [-0.1, -0.05) is 62.4 Å². The topological polar surface area (TPSA) is 133 Å². The van der Waals surface area contributed by atoms with Crippen molar-refractivity contribution in [1.29, 1.82) is 0 Å². The van der Waals surface area contributed by atoms with Crippen molar-refractivity contribution in [3.63, 3.8) is 0 Å². The van der Waals surface area contributed by atoms with Gasteiger partial charge >= 0.3 is 12.1 Å². The predicted octanol–water partition coefficient (Wildman–Crippen LogP) is 5.55. The highest BCUT2D eigenvalue weighted by Gasteiger charge is 2.47. The molecular weight excluding hydrogens is 633 g/mol. The highest BCUT2D eigenvalue weighted by molar-refractivity contribution is 6.04. The molecule has 0 unspecified atom stereocenters. The Balaban J connectivity index is 1.34. The molecule has 2 N–H and O–H groups in total. The number of hydrogen-bond acceptors (Lipinski definition) is 8. The molecule has 0 saturated carbocycles. The van der Waals surface area contributed by atoms with Crippen LogP contribution in [-0.4, -0.2) is 49.4 Å². The molecule has 49 heavy (non-hydrogen) atoms. The molecule has 11 nitrogen and oxygen atoms in total. The molecule has 0 aromatic heterocycles. The van der Waals surface area contributed by atoms with Gasteiger partial charge in [0, 0.05) is 17.2 Å². The molecule has 3 amide bonds. The number of nitrogens with one attached hydrogen (secondary N) is 2. The number of fused-ring (bicyclic) bond motifs is 2. The summed E-state index contributed by atoms with van der Waals surface area (Å²) in [5, 5.41) is 5.66. The zero-order valence-corrected chi connectivity index (χ0v) is 26.8. The van der Waals surface area contributed by atoms with E-state index in [9.17, 15) is 23.6 Å². The minimum atomic E-state index is -1.08. The van der Waals surface area contributed by atoms with Crippen molar-refractivity contribution in [3.8, 4) is 11.5 Å². The molecule has 6 rings (SSSR count). The summed E-state index contributed by atoms with van der Waals surface area (Å²) in [6, 6.07) is 22.8. The van der Waals surface area contributed by atoms with Crippen molar-refractivity contribution >= 4 is 29.6 Å². The smallest absolute Gasteiger partial charge is 0.408 e. The van der Waals surface area contributed by atoms with Gasteiger partial charge in [0.25, 0.3) is 5.91 Å². The van der Waals surface area contributed by atoms with Crippen LogP contribution >= 0.6 is 0 Å². The van der Waals surface area contributed by atoms with E-state index in [0.717, 1.165) is 17.7 Å². The van der Waals surface area contributed by atoms with Gasteiger partial charge < -0.3 is 34.5 Å². The third-order valence-electron chi connectivity index (χ3n) is 8.28. The summed E-state index contributed by atoms with van der Waals surface area (Å²) in [6.07, 6.45) is -0.767. The first-order valence-corrected chi connectivity index (χ1v) is 15.7. The Hall–Kier alpha value is -5.91. The second kappa shape index (κ2) is 14.5. The minimum absolute atomic E-state index is 0.00542. The fourth-order valence-electron chi connectivity index (χ4n) is 5.77. The van der Waals surface area contributed by atoms with Gasteiger partial charge in [-0.2, -0.15) is 0 Å². The van der Waals surface area contributed by atoms with Crippen LogP contribution in [0.2, 0.25) is 0 Å². The van der Waals surface area contributed by atoms with Crippen LogP contribution in [0.3, 0.4) is 0 Å². The molecule has 0 aliphatic carbocycles. The van der Waals surface area contributed by atoms with E-state index < -0.39 is 53.7 Å². The van der Waals surface area contributed by atoms with Crippen LogP contribution in [-0.2, 0) is 20.9 Å². The van der Waals surface area contributed by atoms with E-state index in [0.29, 0.717) is 28.3 Å². The van der Waals surface area contributed by atoms with Gasteiger partial charge in [-0.15, -0.1) is 0 Å². The zero-order chi connectivity index (χ0) is 34.5. The fraction of sp³-hybridized carbons (Fsp3) is 0.243. The molecule has 3 atom stereocenters. The largest absolute Gasteiger partial charge is 0.460 e. The maximum Gasteiger partial charge on any atom is 0.408 e. The third kappa shape index (κ3) is 7.33. The number of hydrogen-bond donors (Lipinski definition) is 2. The van der Waals surface area contributed by atoms with Gasteiger partial charge in [0.1, 0.15) is 25.1 Å². The summed E-state index contributed by atoms with van der Waals surface area (Å²) >= 11 is 0. The molecule has 2 heterocycles. The third-order valence-corrected chi connectivity index (χ3v) is 8.28. The first-order valence-electron chi connectivity index (χ1n) is 15.7. The second-order valence-corrected chi connectivity index (χ2v) is 11.9. The van der Waals surface area contributed by atoms with Crippen molar-refractivity contribution in [1.82, 2.24) is 10.6 Å². The minimum Gasteiger partial charge on any atom is -0.460 e. The van der Waals surface area contributed by atoms with Crippen molar-refractivity contribution in [2.24, 2.45) is 5.92 Å². The van der Waals surface area contributed by atoms with Crippen molar-refractivity contribution < 1.29 is 42.5 Å². The summed E-state index contributed by atoms with van der Waals surface area (Å²) in [4.78, 5) is 55.7. The number of amides is 3. The quantitative estimate of drug-likeness (QED) is 0.211. The van der Waals surface area contributed by atoms with Gasteiger partial charge in [-0.25, -0.2) is 14.0 Å². The lowest BCUT2D eigenvalue weighted by atomic mass is 10.0. The van der Waals surface area contributed by atoms with Crippen LogP contribution in [0.4, 0.5) is 14.9 Å². The first-order chi connectivity index (χ1) is 23.7. The van der Waals surface area contributed by atoms with Gasteiger partial charge in [0.2, 0.25) is 12.7 Å². The zero-order valence-electron chi connectivity index (χ0n) is 26.8. The Bertz CT molecular complexity index is 1840. The number of nitrogens with zero attached hydrogens (tertiary/aromatic N) is 1. The molecular formula is C37H34FN3O8. The maximum atomic E-state index is 14.6. The number of anilines is 1. The Morgan fingerprint density at radius 2 is 1.51 bits per heavy atom. The number of ether oxygens (including phenoxy) is 4. The molecule has 0 spiro atoms. The Labute approximate surface area is 281 Å². The van der Waals surface area contributed by atoms with E-state index in [1.165, 1.54) is 17.0 Å². The number of halogens is 1. The summed E-state index contributed by atoms with van der Waals surface area (Å²) in [5.74, 6) is -1.88. The molecule has 0 bridgehead atoms. The molecule has 12 heteroatoms. The molecule has 252 valence electrons. The molecule has 4 aromatic carbocycles. The average Bonchev–Trinajstić information content (AvgIpc) is 3.69. The molecule has 0 fully saturated rings. The first kappa shape index (κ1) is 33.0. The lowest BCUT2D eigenvalue weighted by Gasteiger charge is -2.33. The van der Waals surface area contributed by atoms with E-state index in [4.69, 9.17) is 18.9 Å². The van der Waals surface area contributed by atoms with Crippen LogP contribution < -0.4 is 25.0 Å². The average molecular weight is 668 g/mol. The monoisotopic (exact) mass is 667 g/mol. The number of benzene rings is 4. The molecule has 2 aliphatic rings. The normalized spacial score (nSPS) is 16.4. The van der Waals surface area contributed by atoms with Crippen LogP contribution in [0, 0.1) is 11.7 Å². The maximum absolute atomic E-state index is 14.6. The summed E-state index contributed by atoms with van der Waals surface area (Å²) in [5.41, 5.74) is 2.09. The number of carbonyl (C=O) groups excluding carboxylic acids is 4. The van der Waals surface area contributed by atoms with E-state index in [-0.39, 0.29) is 25.6 Å². The Morgan fingerprint density at radius 3 is 2.18 bits per heavy atom. The van der Waals surface area contributed by atoms with E-state index in [1.54, 1.807) is 56.3 Å². The lowest BCUT2D eigenvalue weighted by Crippen LogP contribution is -2.56. The highest BCUT2D eigenvalue weighted by Crippen LogP contribution is 2.47.